The number of hydrogen-bond donors (Lipinski definition) is 1. The predicted molar refractivity (Wildman–Crippen MR) is 54.7 cm³/mol. The van der Waals surface area contributed by atoms with Gasteiger partial charge in [0.15, 0.2) is 0 Å². The van der Waals surface area contributed by atoms with Gasteiger partial charge in [-0.2, -0.15) is 13.2 Å². The molecule has 1 aliphatic carbocycles. The summed E-state index contributed by atoms with van der Waals surface area (Å²) in [5, 5.41) is 8.61. The number of carboxylic acid groups (broad SMARTS) is 1. The zero-order chi connectivity index (χ0) is 13.6. The Labute approximate surface area is 102 Å². The standard InChI is InChI=1S/C11H14F3NO3/c12-11(13,14)9(18)15-2-1-10(6-15)4-7(5-10)3-8(16)17/h7H,1-6H2,(H,16,17). The summed E-state index contributed by atoms with van der Waals surface area (Å²) in [7, 11) is 0. The number of rotatable bonds is 2. The fourth-order valence-electron chi connectivity index (χ4n) is 3.18. The lowest BCUT2D eigenvalue weighted by Crippen LogP contribution is -2.44. The van der Waals surface area contributed by atoms with Gasteiger partial charge in [0.2, 0.25) is 0 Å². The fourth-order valence-corrected chi connectivity index (χ4v) is 3.18. The second-order valence-electron chi connectivity index (χ2n) is 5.35. The van der Waals surface area contributed by atoms with E-state index < -0.39 is 18.1 Å². The van der Waals surface area contributed by atoms with Crippen LogP contribution >= 0.6 is 0 Å². The molecule has 1 amide bonds. The molecule has 0 aromatic rings. The summed E-state index contributed by atoms with van der Waals surface area (Å²) in [6.45, 7) is 0.236. The summed E-state index contributed by atoms with van der Waals surface area (Å²) >= 11 is 0. The Hall–Kier alpha value is -1.27. The molecule has 0 radical (unpaired) electrons. The second kappa shape index (κ2) is 4.13. The fraction of sp³-hybridized carbons (Fsp3) is 0.818. The molecule has 1 saturated carbocycles. The van der Waals surface area contributed by atoms with Gasteiger partial charge in [-0.25, -0.2) is 0 Å². The quantitative estimate of drug-likeness (QED) is 0.826. The van der Waals surface area contributed by atoms with E-state index in [4.69, 9.17) is 5.11 Å². The van der Waals surface area contributed by atoms with Crippen LogP contribution in [-0.2, 0) is 9.59 Å². The first-order chi connectivity index (χ1) is 8.22. The first-order valence-electron chi connectivity index (χ1n) is 5.80. The van der Waals surface area contributed by atoms with Crippen LogP contribution in [0.25, 0.3) is 0 Å². The zero-order valence-corrected chi connectivity index (χ0v) is 9.66. The van der Waals surface area contributed by atoms with E-state index in [0.717, 1.165) is 4.90 Å². The van der Waals surface area contributed by atoms with Gasteiger partial charge in [-0.1, -0.05) is 0 Å². The van der Waals surface area contributed by atoms with Crippen molar-refractivity contribution in [1.82, 2.24) is 4.90 Å². The van der Waals surface area contributed by atoms with Crippen molar-refractivity contribution in [1.29, 1.82) is 0 Å². The van der Waals surface area contributed by atoms with Gasteiger partial charge in [0, 0.05) is 19.5 Å². The normalized spacial score (nSPS) is 31.5. The van der Waals surface area contributed by atoms with Crippen LogP contribution in [0.1, 0.15) is 25.7 Å². The van der Waals surface area contributed by atoms with Gasteiger partial charge < -0.3 is 10.0 Å². The number of amides is 1. The van der Waals surface area contributed by atoms with E-state index in [-0.39, 0.29) is 30.8 Å². The number of hydrogen-bond acceptors (Lipinski definition) is 2. The monoisotopic (exact) mass is 265 g/mol. The Kier molecular flexibility index (Phi) is 3.03. The van der Waals surface area contributed by atoms with E-state index in [0.29, 0.717) is 19.3 Å². The number of carboxylic acids is 1. The molecule has 0 atom stereocenters. The average Bonchev–Trinajstić information content (AvgIpc) is 2.58. The minimum absolute atomic E-state index is 0.0449. The summed E-state index contributed by atoms with van der Waals surface area (Å²) in [5.41, 5.74) is -0.263. The van der Waals surface area contributed by atoms with Crippen molar-refractivity contribution in [3.63, 3.8) is 0 Å². The molecule has 2 rings (SSSR count). The van der Waals surface area contributed by atoms with Crippen LogP contribution in [0.3, 0.4) is 0 Å². The molecule has 102 valence electrons. The molecule has 7 heteroatoms. The highest BCUT2D eigenvalue weighted by molar-refractivity contribution is 5.82. The van der Waals surface area contributed by atoms with Crippen LogP contribution < -0.4 is 0 Å². The van der Waals surface area contributed by atoms with Crippen molar-refractivity contribution >= 4 is 11.9 Å². The van der Waals surface area contributed by atoms with Crippen molar-refractivity contribution < 1.29 is 27.9 Å². The number of nitrogens with zero attached hydrogens (tertiary/aromatic N) is 1. The molecule has 0 aromatic carbocycles. The summed E-state index contributed by atoms with van der Waals surface area (Å²) in [6.07, 6.45) is -2.97. The van der Waals surface area contributed by atoms with Crippen molar-refractivity contribution in [2.24, 2.45) is 11.3 Å². The van der Waals surface area contributed by atoms with Crippen LogP contribution in [0.15, 0.2) is 0 Å². The third-order valence-electron chi connectivity index (χ3n) is 3.87. The van der Waals surface area contributed by atoms with E-state index >= 15 is 0 Å². The molecular formula is C11H14F3NO3. The summed E-state index contributed by atoms with van der Waals surface area (Å²) in [6, 6.07) is 0. The number of likely N-dealkylation sites (tertiary alicyclic amines) is 1. The van der Waals surface area contributed by atoms with Crippen LogP contribution in [-0.4, -0.2) is 41.1 Å². The second-order valence-corrected chi connectivity index (χ2v) is 5.35. The Morgan fingerprint density at radius 1 is 1.33 bits per heavy atom. The average molecular weight is 265 g/mol. The smallest absolute Gasteiger partial charge is 0.471 e. The largest absolute Gasteiger partial charge is 0.481 e. The van der Waals surface area contributed by atoms with Crippen LogP contribution in [0, 0.1) is 11.3 Å². The molecular weight excluding hydrogens is 251 g/mol. The van der Waals surface area contributed by atoms with E-state index in [1.165, 1.54) is 0 Å². The molecule has 0 bridgehead atoms. The molecule has 0 unspecified atom stereocenters. The Morgan fingerprint density at radius 3 is 2.44 bits per heavy atom. The molecule has 0 aromatic heterocycles. The molecule has 1 aliphatic heterocycles. The summed E-state index contributed by atoms with van der Waals surface area (Å²) in [5.74, 6) is -2.61. The van der Waals surface area contributed by atoms with Crippen LogP contribution in [0.5, 0.6) is 0 Å². The van der Waals surface area contributed by atoms with Gasteiger partial charge in [0.1, 0.15) is 0 Å². The molecule has 2 aliphatic rings. The van der Waals surface area contributed by atoms with Gasteiger partial charge in [-0.3, -0.25) is 9.59 Å². The van der Waals surface area contributed by atoms with E-state index in [9.17, 15) is 22.8 Å². The van der Waals surface area contributed by atoms with Crippen molar-refractivity contribution in [3.8, 4) is 0 Å². The first kappa shape index (κ1) is 13.2. The lowest BCUT2D eigenvalue weighted by Gasteiger charge is -2.44. The molecule has 4 nitrogen and oxygen atoms in total. The Balaban J connectivity index is 1.87. The minimum Gasteiger partial charge on any atom is -0.481 e. The van der Waals surface area contributed by atoms with Gasteiger partial charge in [0.05, 0.1) is 0 Å². The maximum absolute atomic E-state index is 12.3. The zero-order valence-electron chi connectivity index (χ0n) is 9.66. The van der Waals surface area contributed by atoms with Gasteiger partial charge in [-0.15, -0.1) is 0 Å². The maximum atomic E-state index is 12.3. The molecule has 1 saturated heterocycles. The Bertz CT molecular complexity index is 374. The number of halogens is 3. The number of aliphatic carboxylic acids is 1. The Morgan fingerprint density at radius 2 is 1.94 bits per heavy atom. The molecule has 1 heterocycles. The third-order valence-corrected chi connectivity index (χ3v) is 3.87. The predicted octanol–water partition coefficient (Wildman–Crippen LogP) is 1.65. The van der Waals surface area contributed by atoms with Crippen LogP contribution in [0.4, 0.5) is 13.2 Å². The first-order valence-corrected chi connectivity index (χ1v) is 5.80. The number of alkyl halides is 3. The maximum Gasteiger partial charge on any atom is 0.471 e. The van der Waals surface area contributed by atoms with Gasteiger partial charge in [0.25, 0.3) is 0 Å². The molecule has 1 N–H and O–H groups in total. The number of carbonyl (C=O) groups is 2. The molecule has 2 fully saturated rings. The lowest BCUT2D eigenvalue weighted by molar-refractivity contribution is -0.185. The highest BCUT2D eigenvalue weighted by Crippen LogP contribution is 2.53. The van der Waals surface area contributed by atoms with Crippen molar-refractivity contribution in [3.05, 3.63) is 0 Å². The summed E-state index contributed by atoms with van der Waals surface area (Å²) < 4.78 is 36.8. The van der Waals surface area contributed by atoms with Gasteiger partial charge >= 0.3 is 18.1 Å². The SMILES string of the molecule is O=C(O)CC1CC2(CCN(C(=O)C(F)(F)F)C2)C1. The highest BCUT2D eigenvalue weighted by Gasteiger charge is 2.53. The topological polar surface area (TPSA) is 57.6 Å². The molecule has 1 spiro atoms. The summed E-state index contributed by atoms with van der Waals surface area (Å²) in [4.78, 5) is 22.4. The van der Waals surface area contributed by atoms with E-state index in [1.54, 1.807) is 0 Å². The highest BCUT2D eigenvalue weighted by atomic mass is 19.4. The third kappa shape index (κ3) is 2.44. The minimum atomic E-state index is -4.81. The number of carbonyl (C=O) groups excluding carboxylic acids is 1. The van der Waals surface area contributed by atoms with E-state index in [1.807, 2.05) is 0 Å². The van der Waals surface area contributed by atoms with E-state index in [2.05, 4.69) is 0 Å². The van der Waals surface area contributed by atoms with Crippen LogP contribution in [0.2, 0.25) is 0 Å². The molecule has 18 heavy (non-hydrogen) atoms. The van der Waals surface area contributed by atoms with Gasteiger partial charge in [-0.05, 0) is 30.6 Å². The van der Waals surface area contributed by atoms with Crippen molar-refractivity contribution in [2.45, 2.75) is 31.9 Å². The van der Waals surface area contributed by atoms with Crippen molar-refractivity contribution in [2.75, 3.05) is 13.1 Å². The lowest BCUT2D eigenvalue weighted by atomic mass is 9.60.